The maximum atomic E-state index is 12.6. The molecular weight excluding hydrogens is 364 g/mol. The summed E-state index contributed by atoms with van der Waals surface area (Å²) in [5, 5.41) is 11.4. The molecule has 4 rings (SSSR count). The molecule has 1 amide bonds. The van der Waals surface area contributed by atoms with E-state index in [1.165, 1.54) is 11.1 Å². The predicted octanol–water partition coefficient (Wildman–Crippen LogP) is 4.44. The summed E-state index contributed by atoms with van der Waals surface area (Å²) in [5.41, 5.74) is 5.24. The van der Waals surface area contributed by atoms with Crippen LogP contribution in [0.1, 0.15) is 28.4 Å². The van der Waals surface area contributed by atoms with Gasteiger partial charge in [-0.05, 0) is 67.4 Å². The molecule has 0 aliphatic rings. The Hall–Kier alpha value is -3.67. The zero-order valence-electron chi connectivity index (χ0n) is 16.4. The first-order valence-corrected chi connectivity index (χ1v) is 9.56. The Morgan fingerprint density at radius 1 is 1.07 bits per heavy atom. The monoisotopic (exact) mass is 386 g/mol. The van der Waals surface area contributed by atoms with Crippen LogP contribution in [0.2, 0.25) is 0 Å². The van der Waals surface area contributed by atoms with Crippen molar-refractivity contribution in [2.45, 2.75) is 20.4 Å². The van der Waals surface area contributed by atoms with Crippen molar-refractivity contribution in [3.05, 3.63) is 83.4 Å². The third-order valence-corrected chi connectivity index (χ3v) is 4.78. The fourth-order valence-electron chi connectivity index (χ4n) is 3.18. The summed E-state index contributed by atoms with van der Waals surface area (Å²) in [7, 11) is 0. The van der Waals surface area contributed by atoms with Gasteiger partial charge in [-0.3, -0.25) is 4.79 Å². The van der Waals surface area contributed by atoms with E-state index in [0.29, 0.717) is 29.9 Å². The van der Waals surface area contributed by atoms with Crippen LogP contribution >= 0.6 is 0 Å². The van der Waals surface area contributed by atoms with E-state index in [0.717, 1.165) is 11.3 Å². The van der Waals surface area contributed by atoms with Gasteiger partial charge in [0.25, 0.3) is 5.91 Å². The molecule has 0 bridgehead atoms. The van der Waals surface area contributed by atoms with Crippen LogP contribution in [0.5, 0.6) is 5.75 Å². The zero-order chi connectivity index (χ0) is 20.2. The largest absolute Gasteiger partial charge is 0.494 e. The minimum absolute atomic E-state index is 0.190. The Kier molecular flexibility index (Phi) is 5.24. The Bertz CT molecular complexity index is 1150. The second-order valence-corrected chi connectivity index (χ2v) is 6.79. The molecule has 0 aliphatic carbocycles. The van der Waals surface area contributed by atoms with Crippen molar-refractivity contribution in [3.8, 4) is 5.75 Å². The van der Waals surface area contributed by atoms with Crippen molar-refractivity contribution in [1.82, 2.24) is 15.0 Å². The molecule has 0 saturated carbocycles. The highest BCUT2D eigenvalue weighted by Gasteiger charge is 2.11. The van der Waals surface area contributed by atoms with Gasteiger partial charge in [-0.15, -0.1) is 5.10 Å². The molecular formula is C23H22N4O2. The quantitative estimate of drug-likeness (QED) is 0.532. The van der Waals surface area contributed by atoms with E-state index < -0.39 is 0 Å². The van der Waals surface area contributed by atoms with Gasteiger partial charge in [0.05, 0.1) is 18.7 Å². The highest BCUT2D eigenvalue weighted by Crippen LogP contribution is 2.19. The minimum Gasteiger partial charge on any atom is -0.494 e. The first kappa shape index (κ1) is 18.7. The summed E-state index contributed by atoms with van der Waals surface area (Å²) < 4.78 is 7.27. The molecule has 146 valence electrons. The second-order valence-electron chi connectivity index (χ2n) is 6.79. The van der Waals surface area contributed by atoms with Gasteiger partial charge in [0, 0.05) is 11.3 Å². The highest BCUT2D eigenvalue weighted by atomic mass is 16.5. The van der Waals surface area contributed by atoms with Crippen LogP contribution < -0.4 is 10.1 Å². The Morgan fingerprint density at radius 3 is 2.62 bits per heavy atom. The first-order valence-electron chi connectivity index (χ1n) is 9.56. The van der Waals surface area contributed by atoms with Crippen LogP contribution in [-0.4, -0.2) is 27.5 Å². The van der Waals surface area contributed by atoms with Crippen molar-refractivity contribution in [2.24, 2.45) is 0 Å². The van der Waals surface area contributed by atoms with Crippen LogP contribution in [0.15, 0.2) is 66.7 Å². The molecule has 1 aromatic heterocycles. The van der Waals surface area contributed by atoms with Gasteiger partial charge in [0.15, 0.2) is 0 Å². The normalized spacial score (nSPS) is 10.8. The number of hydrogen-bond donors (Lipinski definition) is 1. The smallest absolute Gasteiger partial charge is 0.255 e. The lowest BCUT2D eigenvalue weighted by Crippen LogP contribution is -2.11. The summed E-state index contributed by atoms with van der Waals surface area (Å²) in [6.45, 7) is 5.26. The third kappa shape index (κ3) is 4.11. The van der Waals surface area contributed by atoms with Gasteiger partial charge in [0.2, 0.25) is 0 Å². The molecule has 4 aromatic rings. The highest BCUT2D eigenvalue weighted by molar-refractivity contribution is 6.05. The number of rotatable bonds is 6. The van der Waals surface area contributed by atoms with Crippen LogP contribution in [0, 0.1) is 6.92 Å². The third-order valence-electron chi connectivity index (χ3n) is 4.78. The summed E-state index contributed by atoms with van der Waals surface area (Å²) in [4.78, 5) is 12.6. The average molecular weight is 386 g/mol. The fourth-order valence-corrected chi connectivity index (χ4v) is 3.18. The van der Waals surface area contributed by atoms with Crippen molar-refractivity contribution < 1.29 is 9.53 Å². The predicted molar refractivity (Wildman–Crippen MR) is 113 cm³/mol. The SMILES string of the molecule is CCOc1ccc(NC(=O)c2ccc3c(c2)nnn3Cc2ccccc2C)cc1. The van der Waals surface area contributed by atoms with E-state index in [4.69, 9.17) is 4.74 Å². The lowest BCUT2D eigenvalue weighted by atomic mass is 10.1. The number of aromatic nitrogens is 3. The van der Waals surface area contributed by atoms with Crippen LogP contribution in [0.3, 0.4) is 0 Å². The summed E-state index contributed by atoms with van der Waals surface area (Å²) >= 11 is 0. The molecule has 1 heterocycles. The van der Waals surface area contributed by atoms with Crippen molar-refractivity contribution >= 4 is 22.6 Å². The summed E-state index contributed by atoms with van der Waals surface area (Å²) in [6, 6.07) is 21.0. The molecule has 0 atom stereocenters. The van der Waals surface area contributed by atoms with Gasteiger partial charge < -0.3 is 10.1 Å². The number of nitrogens with zero attached hydrogens (tertiary/aromatic N) is 3. The molecule has 3 aromatic carbocycles. The Labute approximate surface area is 169 Å². The van der Waals surface area contributed by atoms with Gasteiger partial charge in [-0.25, -0.2) is 4.68 Å². The molecule has 6 nitrogen and oxygen atoms in total. The number of hydrogen-bond acceptors (Lipinski definition) is 4. The number of nitrogens with one attached hydrogen (secondary N) is 1. The molecule has 6 heteroatoms. The average Bonchev–Trinajstić information content (AvgIpc) is 3.13. The van der Waals surface area contributed by atoms with E-state index in [9.17, 15) is 4.79 Å². The molecule has 0 aliphatic heterocycles. The molecule has 0 fully saturated rings. The maximum Gasteiger partial charge on any atom is 0.255 e. The number of benzene rings is 3. The van der Waals surface area contributed by atoms with Crippen LogP contribution in [-0.2, 0) is 6.54 Å². The molecule has 0 spiro atoms. The zero-order valence-corrected chi connectivity index (χ0v) is 16.4. The van der Waals surface area contributed by atoms with Crippen molar-refractivity contribution in [2.75, 3.05) is 11.9 Å². The van der Waals surface area contributed by atoms with Crippen LogP contribution in [0.4, 0.5) is 5.69 Å². The molecule has 0 unspecified atom stereocenters. The number of carbonyl (C=O) groups excluding carboxylic acids is 1. The van der Waals surface area contributed by atoms with Gasteiger partial charge in [0.1, 0.15) is 11.3 Å². The van der Waals surface area contributed by atoms with Crippen molar-refractivity contribution in [1.29, 1.82) is 0 Å². The van der Waals surface area contributed by atoms with Crippen LogP contribution in [0.25, 0.3) is 11.0 Å². The van der Waals surface area contributed by atoms with Gasteiger partial charge >= 0.3 is 0 Å². The second kappa shape index (κ2) is 8.14. The lowest BCUT2D eigenvalue weighted by Gasteiger charge is -2.08. The Balaban J connectivity index is 1.51. The van der Waals surface area contributed by atoms with Crippen molar-refractivity contribution in [3.63, 3.8) is 0 Å². The number of amides is 1. The molecule has 0 saturated heterocycles. The van der Waals surface area contributed by atoms with E-state index in [1.807, 2.05) is 54.1 Å². The number of ether oxygens (including phenoxy) is 1. The van der Waals surface area contributed by atoms with Gasteiger partial charge in [-0.2, -0.15) is 0 Å². The van der Waals surface area contributed by atoms with E-state index in [-0.39, 0.29) is 5.91 Å². The number of anilines is 1. The molecule has 0 radical (unpaired) electrons. The van der Waals surface area contributed by atoms with Gasteiger partial charge in [-0.1, -0.05) is 29.5 Å². The topological polar surface area (TPSA) is 69.0 Å². The fraction of sp³-hybridized carbons (Fsp3) is 0.174. The first-order chi connectivity index (χ1) is 14.1. The number of aryl methyl sites for hydroxylation is 1. The van der Waals surface area contributed by atoms with E-state index in [1.54, 1.807) is 12.1 Å². The maximum absolute atomic E-state index is 12.6. The molecule has 1 N–H and O–H groups in total. The standard InChI is InChI=1S/C23H22N4O2/c1-3-29-20-11-9-19(10-12-20)24-23(28)17-8-13-22-21(14-17)25-26-27(22)15-18-7-5-4-6-16(18)2/h4-14H,3,15H2,1-2H3,(H,24,28). The number of fused-ring (bicyclic) bond motifs is 1. The Morgan fingerprint density at radius 2 is 1.86 bits per heavy atom. The minimum atomic E-state index is -0.190. The van der Waals surface area contributed by atoms with E-state index in [2.05, 4.69) is 34.7 Å². The summed E-state index contributed by atoms with van der Waals surface area (Å²) in [6.07, 6.45) is 0. The van der Waals surface area contributed by atoms with E-state index >= 15 is 0 Å². The molecule has 29 heavy (non-hydrogen) atoms. The summed E-state index contributed by atoms with van der Waals surface area (Å²) in [5.74, 6) is 0.585. The lowest BCUT2D eigenvalue weighted by molar-refractivity contribution is 0.102. The number of carbonyl (C=O) groups is 1.